The van der Waals surface area contributed by atoms with Crippen LogP contribution in [-0.4, -0.2) is 28.4 Å². The van der Waals surface area contributed by atoms with Crippen LogP contribution in [0.1, 0.15) is 24.8 Å². The van der Waals surface area contributed by atoms with Crippen LogP contribution in [0.3, 0.4) is 0 Å². The maximum Gasteiger partial charge on any atom is 0.312 e. The molecule has 1 aromatic heterocycles. The van der Waals surface area contributed by atoms with Crippen molar-refractivity contribution in [3.8, 4) is 0 Å². The third-order valence-electron chi connectivity index (χ3n) is 4.34. The molecule has 0 unspecified atom stereocenters. The molecule has 3 heterocycles. The largest absolute Gasteiger partial charge is 0.460 e. The lowest BCUT2D eigenvalue weighted by atomic mass is 9.89. The summed E-state index contributed by atoms with van der Waals surface area (Å²) < 4.78 is 11.2. The van der Waals surface area contributed by atoms with Crippen LogP contribution in [0.5, 0.6) is 0 Å². The third-order valence-corrected chi connectivity index (χ3v) is 4.34. The van der Waals surface area contributed by atoms with Crippen molar-refractivity contribution in [2.24, 2.45) is 5.92 Å². The second kappa shape index (κ2) is 4.59. The number of hydrogen-bond acceptors (Lipinski definition) is 4. The lowest BCUT2D eigenvalue weighted by molar-refractivity contribution is -0.151. The molecule has 0 amide bonds. The number of aromatic nitrogens is 2. The minimum absolute atomic E-state index is 0.0743. The van der Waals surface area contributed by atoms with Crippen molar-refractivity contribution >= 4 is 16.9 Å². The summed E-state index contributed by atoms with van der Waals surface area (Å²) >= 11 is 0. The number of esters is 1. The SMILES string of the molecule is O=C(OCc1cccc2cn[nH]c12)[C@@H]1C[C@H]2CC[C@@H]1O2. The quantitative estimate of drug-likeness (QED) is 0.870. The summed E-state index contributed by atoms with van der Waals surface area (Å²) in [5.41, 5.74) is 1.89. The molecule has 1 aromatic carbocycles. The van der Waals surface area contributed by atoms with Crippen molar-refractivity contribution in [1.29, 1.82) is 0 Å². The van der Waals surface area contributed by atoms with Gasteiger partial charge in [-0.25, -0.2) is 0 Å². The van der Waals surface area contributed by atoms with Gasteiger partial charge in [0.1, 0.15) is 6.61 Å². The van der Waals surface area contributed by atoms with E-state index in [1.165, 1.54) is 0 Å². The lowest BCUT2D eigenvalue weighted by Gasteiger charge is -2.17. The minimum atomic E-state index is -0.131. The van der Waals surface area contributed by atoms with Crippen LogP contribution in [0.25, 0.3) is 10.9 Å². The van der Waals surface area contributed by atoms with E-state index in [-0.39, 0.29) is 30.7 Å². The first-order valence-corrected chi connectivity index (χ1v) is 7.04. The summed E-state index contributed by atoms with van der Waals surface area (Å²) in [4.78, 5) is 12.2. The van der Waals surface area contributed by atoms with Crippen molar-refractivity contribution in [3.63, 3.8) is 0 Å². The Morgan fingerprint density at radius 1 is 1.45 bits per heavy atom. The van der Waals surface area contributed by atoms with Gasteiger partial charge in [-0.1, -0.05) is 18.2 Å². The molecular weight excluding hydrogens is 256 g/mol. The molecule has 2 fully saturated rings. The van der Waals surface area contributed by atoms with E-state index >= 15 is 0 Å². The zero-order valence-electron chi connectivity index (χ0n) is 11.0. The van der Waals surface area contributed by atoms with E-state index < -0.39 is 0 Å². The fourth-order valence-electron chi connectivity index (χ4n) is 3.29. The molecule has 1 N–H and O–H groups in total. The number of hydrogen-bond donors (Lipinski definition) is 1. The number of benzene rings is 1. The summed E-state index contributed by atoms with van der Waals surface area (Å²) in [5.74, 6) is -0.205. The summed E-state index contributed by atoms with van der Waals surface area (Å²) in [6.07, 6.45) is 5.01. The fraction of sp³-hybridized carbons (Fsp3) is 0.467. The molecule has 3 atom stereocenters. The van der Waals surface area contributed by atoms with Crippen molar-refractivity contribution in [1.82, 2.24) is 10.2 Å². The molecular formula is C15H16N2O3. The first-order chi connectivity index (χ1) is 9.81. The first kappa shape index (κ1) is 11.9. The first-order valence-electron chi connectivity index (χ1n) is 7.04. The van der Waals surface area contributed by atoms with E-state index in [4.69, 9.17) is 9.47 Å². The highest BCUT2D eigenvalue weighted by Crippen LogP contribution is 2.39. The average molecular weight is 272 g/mol. The van der Waals surface area contributed by atoms with Gasteiger partial charge in [-0.05, 0) is 19.3 Å². The van der Waals surface area contributed by atoms with Crippen LogP contribution in [0.15, 0.2) is 24.4 Å². The molecule has 0 aliphatic carbocycles. The van der Waals surface area contributed by atoms with Gasteiger partial charge < -0.3 is 9.47 Å². The molecule has 2 aromatic rings. The Morgan fingerprint density at radius 3 is 3.20 bits per heavy atom. The summed E-state index contributed by atoms with van der Waals surface area (Å²) in [6.45, 7) is 0.284. The zero-order chi connectivity index (χ0) is 13.5. The molecule has 2 aliphatic rings. The van der Waals surface area contributed by atoms with Gasteiger partial charge in [0.2, 0.25) is 0 Å². The van der Waals surface area contributed by atoms with Crippen molar-refractivity contribution in [2.45, 2.75) is 38.1 Å². The predicted octanol–water partition coefficient (Wildman–Crippen LogP) is 2.17. The van der Waals surface area contributed by atoms with Crippen LogP contribution < -0.4 is 0 Å². The van der Waals surface area contributed by atoms with Gasteiger partial charge in [0.05, 0.1) is 29.8 Å². The number of aromatic amines is 1. The Labute approximate surface area is 116 Å². The minimum Gasteiger partial charge on any atom is -0.460 e. The Bertz CT molecular complexity index is 651. The van der Waals surface area contributed by atoms with Crippen molar-refractivity contribution < 1.29 is 14.3 Å². The molecule has 104 valence electrons. The average Bonchev–Trinajstić information content (AvgIpc) is 3.19. The molecule has 0 spiro atoms. The molecule has 20 heavy (non-hydrogen) atoms. The van der Waals surface area contributed by atoms with Crippen LogP contribution in [0.4, 0.5) is 0 Å². The van der Waals surface area contributed by atoms with E-state index in [9.17, 15) is 4.79 Å². The Morgan fingerprint density at radius 2 is 2.40 bits per heavy atom. The lowest BCUT2D eigenvalue weighted by Crippen LogP contribution is -2.27. The second-order valence-corrected chi connectivity index (χ2v) is 5.58. The highest BCUT2D eigenvalue weighted by atomic mass is 16.5. The van der Waals surface area contributed by atoms with Gasteiger partial charge in [0.15, 0.2) is 0 Å². The maximum absolute atomic E-state index is 12.2. The highest BCUT2D eigenvalue weighted by molar-refractivity contribution is 5.81. The second-order valence-electron chi connectivity index (χ2n) is 5.58. The van der Waals surface area contributed by atoms with Gasteiger partial charge in [-0.3, -0.25) is 9.89 Å². The number of fused-ring (bicyclic) bond motifs is 3. The fourth-order valence-corrected chi connectivity index (χ4v) is 3.29. The van der Waals surface area contributed by atoms with E-state index in [0.29, 0.717) is 0 Å². The molecule has 5 nitrogen and oxygen atoms in total. The zero-order valence-corrected chi connectivity index (χ0v) is 11.0. The van der Waals surface area contributed by atoms with Crippen molar-refractivity contribution in [2.75, 3.05) is 0 Å². The van der Waals surface area contributed by atoms with Gasteiger partial charge in [0, 0.05) is 10.9 Å². The van der Waals surface area contributed by atoms with Gasteiger partial charge >= 0.3 is 5.97 Å². The van der Waals surface area contributed by atoms with Crippen LogP contribution in [-0.2, 0) is 20.9 Å². The van der Waals surface area contributed by atoms with Gasteiger partial charge in [-0.15, -0.1) is 0 Å². The Balaban J connectivity index is 1.45. The smallest absolute Gasteiger partial charge is 0.312 e. The summed E-state index contributed by atoms with van der Waals surface area (Å²) in [7, 11) is 0. The number of ether oxygens (including phenoxy) is 2. The van der Waals surface area contributed by atoms with Crippen LogP contribution in [0.2, 0.25) is 0 Å². The summed E-state index contributed by atoms with van der Waals surface area (Å²) in [5, 5.41) is 7.98. The number of nitrogens with zero attached hydrogens (tertiary/aromatic N) is 1. The Kier molecular flexibility index (Phi) is 2.73. The van der Waals surface area contributed by atoms with Crippen LogP contribution >= 0.6 is 0 Å². The summed E-state index contributed by atoms with van der Waals surface area (Å²) in [6, 6.07) is 5.88. The third kappa shape index (κ3) is 1.89. The number of H-pyrrole nitrogens is 1. The number of para-hydroxylation sites is 1. The molecule has 2 bridgehead atoms. The van der Waals surface area contributed by atoms with Gasteiger partial charge in [0.25, 0.3) is 0 Å². The number of rotatable bonds is 3. The Hall–Kier alpha value is -1.88. The van der Waals surface area contributed by atoms with Crippen molar-refractivity contribution in [3.05, 3.63) is 30.0 Å². The normalized spacial score (nSPS) is 28.1. The molecule has 0 radical (unpaired) electrons. The number of carbonyl (C=O) groups excluding carboxylic acids is 1. The molecule has 0 saturated carbocycles. The highest BCUT2D eigenvalue weighted by Gasteiger charge is 2.45. The molecule has 4 rings (SSSR count). The standard InChI is InChI=1S/C15H16N2O3/c18-15(12-6-11-4-5-13(12)20-11)19-8-10-3-1-2-9-7-16-17-14(9)10/h1-3,7,11-13H,4-6,8H2,(H,16,17)/t11-,12-,13+/m1/s1. The number of carbonyl (C=O) groups is 1. The topological polar surface area (TPSA) is 64.2 Å². The van der Waals surface area contributed by atoms with Gasteiger partial charge in [-0.2, -0.15) is 5.10 Å². The van der Waals surface area contributed by atoms with Crippen LogP contribution in [0, 0.1) is 5.92 Å². The molecule has 2 aliphatic heterocycles. The van der Waals surface area contributed by atoms with E-state index in [1.54, 1.807) is 6.20 Å². The molecule has 5 heteroatoms. The molecule has 2 saturated heterocycles. The van der Waals surface area contributed by atoms with E-state index in [1.807, 2.05) is 18.2 Å². The maximum atomic E-state index is 12.2. The van der Waals surface area contributed by atoms with E-state index in [0.717, 1.165) is 35.7 Å². The predicted molar refractivity (Wildman–Crippen MR) is 71.9 cm³/mol. The van der Waals surface area contributed by atoms with E-state index in [2.05, 4.69) is 10.2 Å². The number of nitrogens with one attached hydrogen (secondary N) is 1. The monoisotopic (exact) mass is 272 g/mol.